The number of rotatable bonds is 4. The van der Waals surface area contributed by atoms with Gasteiger partial charge in [0.25, 0.3) is 0 Å². The monoisotopic (exact) mass is 273 g/mol. The van der Waals surface area contributed by atoms with Gasteiger partial charge in [0, 0.05) is 6.42 Å². The van der Waals surface area contributed by atoms with Crippen LogP contribution < -0.4 is 4.90 Å². The van der Waals surface area contributed by atoms with E-state index in [2.05, 4.69) is 0 Å². The normalized spacial score (nSPS) is 18.8. The van der Waals surface area contributed by atoms with Crippen LogP contribution in [0.4, 0.5) is 5.69 Å². The zero-order chi connectivity index (χ0) is 14.9. The minimum atomic E-state index is -1.03. The van der Waals surface area contributed by atoms with Crippen LogP contribution in [0.15, 0.2) is 30.3 Å². The fourth-order valence-corrected chi connectivity index (χ4v) is 2.62. The number of ketones is 2. The lowest BCUT2D eigenvalue weighted by Gasteiger charge is -2.18. The van der Waals surface area contributed by atoms with Crippen LogP contribution in [0.1, 0.15) is 20.3 Å². The molecule has 0 aliphatic carbocycles. The van der Waals surface area contributed by atoms with Crippen LogP contribution in [0.2, 0.25) is 0 Å². The van der Waals surface area contributed by atoms with Gasteiger partial charge in [-0.25, -0.2) is 0 Å². The summed E-state index contributed by atoms with van der Waals surface area (Å²) < 4.78 is 0. The van der Waals surface area contributed by atoms with Gasteiger partial charge in [-0.1, -0.05) is 18.2 Å². The summed E-state index contributed by atoms with van der Waals surface area (Å²) in [6.45, 7) is 2.55. The van der Waals surface area contributed by atoms with Crippen molar-refractivity contribution in [2.75, 3.05) is 4.90 Å². The lowest BCUT2D eigenvalue weighted by atomic mass is 9.85. The number of carbonyl (C=O) groups is 4. The largest absolute Gasteiger partial charge is 0.299 e. The highest BCUT2D eigenvalue weighted by Gasteiger charge is 2.46. The molecular weight excluding hydrogens is 258 g/mol. The Balaban J connectivity index is 2.34. The first-order valence-electron chi connectivity index (χ1n) is 6.36. The molecule has 5 heteroatoms. The lowest BCUT2D eigenvalue weighted by Crippen LogP contribution is -2.36. The van der Waals surface area contributed by atoms with Crippen LogP contribution in [0.5, 0.6) is 0 Å². The van der Waals surface area contributed by atoms with Gasteiger partial charge >= 0.3 is 0 Å². The van der Waals surface area contributed by atoms with Gasteiger partial charge in [-0.05, 0) is 26.0 Å². The minimum absolute atomic E-state index is 0.0996. The molecule has 1 aliphatic rings. The first kappa shape index (κ1) is 14.1. The molecule has 2 amide bonds. The number of carbonyl (C=O) groups excluding carboxylic acids is 4. The first-order chi connectivity index (χ1) is 9.43. The van der Waals surface area contributed by atoms with Crippen molar-refractivity contribution in [3.05, 3.63) is 30.3 Å². The van der Waals surface area contributed by atoms with Gasteiger partial charge in [0.2, 0.25) is 11.8 Å². The molecule has 0 N–H and O–H groups in total. The Kier molecular flexibility index (Phi) is 3.79. The average molecular weight is 273 g/mol. The summed E-state index contributed by atoms with van der Waals surface area (Å²) in [5, 5.41) is 0. The van der Waals surface area contributed by atoms with E-state index in [-0.39, 0.29) is 23.9 Å². The van der Waals surface area contributed by atoms with Crippen molar-refractivity contribution in [3.8, 4) is 0 Å². The molecule has 20 heavy (non-hydrogen) atoms. The van der Waals surface area contributed by atoms with E-state index < -0.39 is 17.7 Å². The number of imide groups is 1. The molecule has 0 saturated carbocycles. The SMILES string of the molecule is CC(=O)C(C(C)=O)C1CC(=O)N(c2ccccc2)C1=O. The molecule has 0 bridgehead atoms. The van der Waals surface area contributed by atoms with Crippen LogP contribution in [0.25, 0.3) is 0 Å². The van der Waals surface area contributed by atoms with Crippen LogP contribution >= 0.6 is 0 Å². The van der Waals surface area contributed by atoms with Crippen LogP contribution in [-0.2, 0) is 19.2 Å². The number of anilines is 1. The molecule has 0 aromatic heterocycles. The van der Waals surface area contributed by atoms with E-state index in [1.165, 1.54) is 13.8 Å². The van der Waals surface area contributed by atoms with Crippen LogP contribution in [0, 0.1) is 11.8 Å². The third-order valence-corrected chi connectivity index (χ3v) is 3.47. The van der Waals surface area contributed by atoms with E-state index in [1.807, 2.05) is 0 Å². The second-order valence-corrected chi connectivity index (χ2v) is 4.91. The van der Waals surface area contributed by atoms with Gasteiger partial charge in [0.05, 0.1) is 17.5 Å². The van der Waals surface area contributed by atoms with Gasteiger partial charge in [0.1, 0.15) is 11.6 Å². The smallest absolute Gasteiger partial charge is 0.238 e. The molecule has 0 radical (unpaired) electrons. The molecule has 0 spiro atoms. The number of hydrogen-bond donors (Lipinski definition) is 0. The molecular formula is C15H15NO4. The molecule has 1 aliphatic heterocycles. The maximum absolute atomic E-state index is 12.4. The molecule has 1 unspecified atom stereocenters. The molecule has 1 saturated heterocycles. The Labute approximate surface area is 116 Å². The topological polar surface area (TPSA) is 71.5 Å². The zero-order valence-electron chi connectivity index (χ0n) is 11.3. The second-order valence-electron chi connectivity index (χ2n) is 4.91. The zero-order valence-corrected chi connectivity index (χ0v) is 11.3. The number of hydrogen-bond acceptors (Lipinski definition) is 4. The minimum Gasteiger partial charge on any atom is -0.299 e. The van der Waals surface area contributed by atoms with Crippen molar-refractivity contribution in [2.24, 2.45) is 11.8 Å². The Bertz CT molecular complexity index is 565. The molecule has 2 rings (SSSR count). The highest BCUT2D eigenvalue weighted by molar-refractivity contribution is 6.23. The van der Waals surface area contributed by atoms with Crippen molar-refractivity contribution in [3.63, 3.8) is 0 Å². The fourth-order valence-electron chi connectivity index (χ4n) is 2.62. The Morgan fingerprint density at radius 1 is 1.10 bits per heavy atom. The predicted molar refractivity (Wildman–Crippen MR) is 71.9 cm³/mol. The van der Waals surface area contributed by atoms with E-state index in [0.29, 0.717) is 5.69 Å². The standard InChI is InChI=1S/C15H15NO4/c1-9(17)14(10(2)18)12-8-13(19)16(15(12)20)11-6-4-3-5-7-11/h3-7,12,14H,8H2,1-2H3. The fraction of sp³-hybridized carbons (Fsp3) is 0.333. The summed E-state index contributed by atoms with van der Waals surface area (Å²) in [6, 6.07) is 8.51. The van der Waals surface area contributed by atoms with Gasteiger partial charge in [-0.2, -0.15) is 0 Å². The van der Waals surface area contributed by atoms with E-state index in [9.17, 15) is 19.2 Å². The summed E-state index contributed by atoms with van der Waals surface area (Å²) in [5.41, 5.74) is 0.468. The molecule has 1 atom stereocenters. The third kappa shape index (κ3) is 2.39. The average Bonchev–Trinajstić information content (AvgIpc) is 2.65. The lowest BCUT2D eigenvalue weighted by molar-refractivity contribution is -0.137. The van der Waals surface area contributed by atoms with Crippen molar-refractivity contribution in [1.29, 1.82) is 0 Å². The maximum Gasteiger partial charge on any atom is 0.238 e. The quantitative estimate of drug-likeness (QED) is 0.613. The van der Waals surface area contributed by atoms with Gasteiger partial charge in [0.15, 0.2) is 0 Å². The molecule has 104 valence electrons. The van der Waals surface area contributed by atoms with Gasteiger partial charge in [-0.15, -0.1) is 0 Å². The third-order valence-electron chi connectivity index (χ3n) is 3.47. The van der Waals surface area contributed by atoms with E-state index >= 15 is 0 Å². The molecule has 1 heterocycles. The molecule has 1 fully saturated rings. The number of amides is 2. The van der Waals surface area contributed by atoms with E-state index in [4.69, 9.17) is 0 Å². The summed E-state index contributed by atoms with van der Waals surface area (Å²) in [6.07, 6.45) is -0.0996. The summed E-state index contributed by atoms with van der Waals surface area (Å²) in [5.74, 6) is -3.51. The van der Waals surface area contributed by atoms with Gasteiger partial charge in [-0.3, -0.25) is 24.1 Å². The number of Topliss-reactive ketones (excluding diaryl/α,β-unsaturated/α-hetero) is 2. The summed E-state index contributed by atoms with van der Waals surface area (Å²) in [7, 11) is 0. The van der Waals surface area contributed by atoms with Crippen molar-refractivity contribution in [2.45, 2.75) is 20.3 Å². The number of benzene rings is 1. The summed E-state index contributed by atoms with van der Waals surface area (Å²) in [4.78, 5) is 48.6. The molecule has 1 aromatic rings. The summed E-state index contributed by atoms with van der Waals surface area (Å²) >= 11 is 0. The Morgan fingerprint density at radius 3 is 2.15 bits per heavy atom. The number of nitrogens with zero attached hydrogens (tertiary/aromatic N) is 1. The highest BCUT2D eigenvalue weighted by atomic mass is 16.2. The van der Waals surface area contributed by atoms with Crippen LogP contribution in [-0.4, -0.2) is 23.4 Å². The molecule has 5 nitrogen and oxygen atoms in total. The predicted octanol–water partition coefficient (Wildman–Crippen LogP) is 1.36. The molecule has 1 aromatic carbocycles. The highest BCUT2D eigenvalue weighted by Crippen LogP contribution is 2.31. The van der Waals surface area contributed by atoms with E-state index in [0.717, 1.165) is 4.90 Å². The van der Waals surface area contributed by atoms with Crippen molar-refractivity contribution >= 4 is 29.1 Å². The second kappa shape index (κ2) is 5.36. The van der Waals surface area contributed by atoms with Crippen molar-refractivity contribution < 1.29 is 19.2 Å². The van der Waals surface area contributed by atoms with Crippen LogP contribution in [0.3, 0.4) is 0 Å². The van der Waals surface area contributed by atoms with Gasteiger partial charge < -0.3 is 0 Å². The van der Waals surface area contributed by atoms with E-state index in [1.54, 1.807) is 30.3 Å². The Hall–Kier alpha value is -2.30. The number of para-hydroxylation sites is 1. The van der Waals surface area contributed by atoms with Crippen molar-refractivity contribution in [1.82, 2.24) is 0 Å². The maximum atomic E-state index is 12.4. The Morgan fingerprint density at radius 2 is 1.65 bits per heavy atom. The first-order valence-corrected chi connectivity index (χ1v) is 6.36.